The molecule has 8 nitrogen and oxygen atoms in total. The van der Waals surface area contributed by atoms with Gasteiger partial charge in [0.05, 0.1) is 22.2 Å². The summed E-state index contributed by atoms with van der Waals surface area (Å²) < 4.78 is 53.0. The highest BCUT2D eigenvalue weighted by Crippen LogP contribution is 2.44. The van der Waals surface area contributed by atoms with Crippen LogP contribution in [0, 0.1) is 29.9 Å². The van der Waals surface area contributed by atoms with Crippen LogP contribution in [-0.4, -0.2) is 81.5 Å². The van der Waals surface area contributed by atoms with Gasteiger partial charge in [0, 0.05) is 49.1 Å². The van der Waals surface area contributed by atoms with Crippen molar-refractivity contribution >= 4 is 27.5 Å². The van der Waals surface area contributed by atoms with E-state index in [0.717, 1.165) is 32.4 Å². The van der Waals surface area contributed by atoms with Crippen molar-refractivity contribution in [2.75, 3.05) is 37.7 Å². The molecule has 0 aliphatic carbocycles. The monoisotopic (exact) mass is 642 g/mol. The highest BCUT2D eigenvalue weighted by atomic mass is 19.1. The molecule has 2 aromatic heterocycles. The predicted octanol–water partition coefficient (Wildman–Crippen LogP) is 5.51. The van der Waals surface area contributed by atoms with Crippen molar-refractivity contribution in [1.29, 1.82) is 0 Å². The number of hydrogen-bond donors (Lipinski definition) is 2. The molecular formula is C36H37F3N6O2. The second-order valence-corrected chi connectivity index (χ2v) is 13.7. The molecule has 2 aromatic carbocycles. The van der Waals surface area contributed by atoms with Crippen LogP contribution in [0.25, 0.3) is 32.9 Å². The van der Waals surface area contributed by atoms with E-state index in [2.05, 4.69) is 39.9 Å². The van der Waals surface area contributed by atoms with E-state index < -0.39 is 23.3 Å². The SMILES string of the molecule is C#Cc1c(F)ccc2cc(O)cc(-c3nc4c5c(nc(OC[C@@]67CCCN6C[C@H](F)C7)nc5c3F)N3C[C@@H](CC)NC[C@H]3[C@@H](C)C4)c12. The first-order chi connectivity index (χ1) is 22.7. The Hall–Kier alpha value is -4.14. The van der Waals surface area contributed by atoms with E-state index in [-0.39, 0.29) is 64.1 Å². The van der Waals surface area contributed by atoms with Gasteiger partial charge < -0.3 is 20.1 Å². The Morgan fingerprint density at radius 3 is 2.83 bits per heavy atom. The fourth-order valence-corrected chi connectivity index (χ4v) is 8.51. The third-order valence-electron chi connectivity index (χ3n) is 10.9. The lowest BCUT2D eigenvalue weighted by atomic mass is 9.92. The Kier molecular flexibility index (Phi) is 7.22. The number of alkyl halides is 1. The number of ether oxygens (including phenoxy) is 1. The molecule has 4 aliphatic heterocycles. The summed E-state index contributed by atoms with van der Waals surface area (Å²) in [6.07, 6.45) is 8.42. The van der Waals surface area contributed by atoms with E-state index in [1.165, 1.54) is 24.3 Å². The predicted molar refractivity (Wildman–Crippen MR) is 174 cm³/mol. The largest absolute Gasteiger partial charge is 0.508 e. The topological polar surface area (TPSA) is 86.6 Å². The zero-order chi connectivity index (χ0) is 32.6. The van der Waals surface area contributed by atoms with Gasteiger partial charge >= 0.3 is 6.01 Å². The summed E-state index contributed by atoms with van der Waals surface area (Å²) in [5, 5.41) is 15.6. The molecule has 4 aromatic rings. The molecule has 0 bridgehead atoms. The van der Waals surface area contributed by atoms with Crippen LogP contribution in [0.3, 0.4) is 0 Å². The lowest BCUT2D eigenvalue weighted by Crippen LogP contribution is -2.58. The molecule has 2 N–H and O–H groups in total. The van der Waals surface area contributed by atoms with E-state index in [1.807, 2.05) is 0 Å². The number of phenols is 1. The maximum Gasteiger partial charge on any atom is 0.319 e. The number of fused-ring (bicyclic) bond motifs is 4. The maximum absolute atomic E-state index is 17.1. The zero-order valence-electron chi connectivity index (χ0n) is 26.5. The van der Waals surface area contributed by atoms with Crippen LogP contribution >= 0.6 is 0 Å². The maximum atomic E-state index is 17.1. The zero-order valence-corrected chi connectivity index (χ0v) is 26.5. The number of nitrogens with one attached hydrogen (secondary N) is 1. The molecule has 4 aliphatic rings. The Labute approximate surface area is 271 Å². The number of phenolic OH excluding ortho intramolecular Hbond substituents is 1. The third kappa shape index (κ3) is 4.79. The van der Waals surface area contributed by atoms with Crippen molar-refractivity contribution in [1.82, 2.24) is 25.2 Å². The summed E-state index contributed by atoms with van der Waals surface area (Å²) in [5.74, 6) is 1.59. The number of pyridine rings is 1. The van der Waals surface area contributed by atoms with Gasteiger partial charge in [-0.2, -0.15) is 9.97 Å². The minimum absolute atomic E-state index is 0.0223. The molecule has 47 heavy (non-hydrogen) atoms. The smallest absolute Gasteiger partial charge is 0.319 e. The standard InChI is InChI=1S/C36H37F3N6O2/c1-4-22-17-45-28(15-40-22)19(3)11-27-30-33(42-35(43-34(30)45)47-18-36-9-6-10-44(36)16-21(37)14-36)31(39)32(41-27)25-13-23(46)12-20-7-8-26(38)24(5-2)29(20)25/h2,7-8,12-13,19,21-22,28,40,46H,4,6,9-11,14-18H2,1,3H3/t19-,21+,22+,28-,36-/m0/s1. The Morgan fingerprint density at radius 1 is 1.17 bits per heavy atom. The number of piperazine rings is 1. The summed E-state index contributed by atoms with van der Waals surface area (Å²) >= 11 is 0. The van der Waals surface area contributed by atoms with Crippen LogP contribution in [0.1, 0.15) is 50.8 Å². The number of halogens is 3. The van der Waals surface area contributed by atoms with Crippen LogP contribution in [0.5, 0.6) is 11.8 Å². The van der Waals surface area contributed by atoms with Gasteiger partial charge in [-0.15, -0.1) is 6.42 Å². The molecule has 0 spiro atoms. The number of benzene rings is 2. The van der Waals surface area contributed by atoms with Gasteiger partial charge in [0.1, 0.15) is 41.4 Å². The highest BCUT2D eigenvalue weighted by Gasteiger charge is 2.49. The molecule has 0 radical (unpaired) electrons. The first-order valence-electron chi connectivity index (χ1n) is 16.5. The lowest BCUT2D eigenvalue weighted by molar-refractivity contribution is 0.107. The van der Waals surface area contributed by atoms with Gasteiger partial charge in [-0.25, -0.2) is 18.2 Å². The third-order valence-corrected chi connectivity index (χ3v) is 10.9. The first-order valence-corrected chi connectivity index (χ1v) is 16.5. The summed E-state index contributed by atoms with van der Waals surface area (Å²) in [7, 11) is 0. The summed E-state index contributed by atoms with van der Waals surface area (Å²) in [5.41, 5.74) is 0.263. The van der Waals surface area contributed by atoms with Crippen LogP contribution in [0.15, 0.2) is 24.3 Å². The van der Waals surface area contributed by atoms with Gasteiger partial charge in [0.15, 0.2) is 5.82 Å². The van der Waals surface area contributed by atoms with Gasteiger partial charge in [-0.05, 0) is 61.7 Å². The van der Waals surface area contributed by atoms with E-state index in [0.29, 0.717) is 48.2 Å². The second-order valence-electron chi connectivity index (χ2n) is 13.7. The number of anilines is 1. The summed E-state index contributed by atoms with van der Waals surface area (Å²) in [6, 6.07) is 5.86. The molecule has 3 fully saturated rings. The van der Waals surface area contributed by atoms with E-state index in [4.69, 9.17) is 21.1 Å². The fraction of sp³-hybridized carbons (Fsp3) is 0.472. The molecule has 0 unspecified atom stereocenters. The van der Waals surface area contributed by atoms with Gasteiger partial charge in [-0.3, -0.25) is 4.90 Å². The number of hydrogen-bond acceptors (Lipinski definition) is 8. The molecule has 8 rings (SSSR count). The van der Waals surface area contributed by atoms with Gasteiger partial charge in [0.25, 0.3) is 0 Å². The summed E-state index contributed by atoms with van der Waals surface area (Å²) in [6.45, 7) is 7.08. The normalized spacial score (nSPS) is 27.1. The molecule has 244 valence electrons. The van der Waals surface area contributed by atoms with Crippen LogP contribution in [-0.2, 0) is 6.42 Å². The number of aromatic hydroxyl groups is 1. The average Bonchev–Trinajstić information content (AvgIpc) is 3.56. The minimum atomic E-state index is -0.918. The van der Waals surface area contributed by atoms with Crippen molar-refractivity contribution in [3.05, 3.63) is 47.2 Å². The molecule has 0 amide bonds. The van der Waals surface area contributed by atoms with E-state index in [1.54, 1.807) is 0 Å². The molecule has 3 saturated heterocycles. The minimum Gasteiger partial charge on any atom is -0.508 e. The van der Waals surface area contributed by atoms with Crippen molar-refractivity contribution < 1.29 is 23.0 Å². The van der Waals surface area contributed by atoms with Crippen molar-refractivity contribution in [2.45, 2.75) is 69.7 Å². The number of rotatable bonds is 5. The van der Waals surface area contributed by atoms with E-state index >= 15 is 8.78 Å². The number of terminal acetylenes is 1. The van der Waals surface area contributed by atoms with Crippen LogP contribution in [0.2, 0.25) is 0 Å². The molecule has 0 saturated carbocycles. The second kappa shape index (κ2) is 11.2. The first kappa shape index (κ1) is 30.2. The van der Waals surface area contributed by atoms with Crippen molar-refractivity contribution in [3.8, 4) is 35.4 Å². The Bertz CT molecular complexity index is 1970. The average molecular weight is 643 g/mol. The Balaban J connectivity index is 1.35. The Morgan fingerprint density at radius 2 is 2.02 bits per heavy atom. The van der Waals surface area contributed by atoms with E-state index in [9.17, 15) is 9.50 Å². The van der Waals surface area contributed by atoms with Crippen LogP contribution < -0.4 is 15.0 Å². The molecule has 11 heteroatoms. The lowest BCUT2D eigenvalue weighted by Gasteiger charge is -2.42. The molecular weight excluding hydrogens is 605 g/mol. The number of aromatic nitrogens is 3. The highest BCUT2D eigenvalue weighted by molar-refractivity contribution is 6.03. The molecule has 6 heterocycles. The summed E-state index contributed by atoms with van der Waals surface area (Å²) in [4.78, 5) is 18.9. The van der Waals surface area contributed by atoms with Gasteiger partial charge in [-0.1, -0.05) is 25.8 Å². The van der Waals surface area contributed by atoms with Crippen LogP contribution in [0.4, 0.5) is 19.0 Å². The van der Waals surface area contributed by atoms with Crippen molar-refractivity contribution in [3.63, 3.8) is 0 Å². The quantitative estimate of drug-likeness (QED) is 0.276. The number of nitrogens with zero attached hydrogens (tertiary/aromatic N) is 5. The molecule has 5 atom stereocenters. The van der Waals surface area contributed by atoms with Gasteiger partial charge in [0.2, 0.25) is 0 Å². The van der Waals surface area contributed by atoms with Crippen molar-refractivity contribution in [2.24, 2.45) is 5.92 Å². The fourth-order valence-electron chi connectivity index (χ4n) is 8.51.